The van der Waals surface area contributed by atoms with Crippen LogP contribution < -0.4 is 11.1 Å². The zero-order valence-corrected chi connectivity index (χ0v) is 14.3. The minimum absolute atomic E-state index is 0.120. The summed E-state index contributed by atoms with van der Waals surface area (Å²) in [6, 6.07) is 13.5. The van der Waals surface area contributed by atoms with E-state index in [1.807, 2.05) is 0 Å². The van der Waals surface area contributed by atoms with Crippen LogP contribution in [0.3, 0.4) is 0 Å². The van der Waals surface area contributed by atoms with E-state index in [4.69, 9.17) is 5.73 Å². The van der Waals surface area contributed by atoms with E-state index in [9.17, 15) is 22.8 Å². The molecule has 0 saturated heterocycles. The van der Waals surface area contributed by atoms with Gasteiger partial charge in [-0.15, -0.1) is 0 Å². The van der Waals surface area contributed by atoms with Gasteiger partial charge in [0.25, 0.3) is 5.91 Å². The molecule has 3 aromatic rings. The minimum atomic E-state index is -4.54. The molecule has 8 heteroatoms. The Kier molecular flexibility index (Phi) is 5.12. The summed E-state index contributed by atoms with van der Waals surface area (Å²) in [4.78, 5) is 27.9. The highest BCUT2D eigenvalue weighted by atomic mass is 19.4. The number of carbonyl (C=O) groups excluding carboxylic acids is 2. The van der Waals surface area contributed by atoms with Crippen molar-refractivity contribution in [2.75, 3.05) is 5.32 Å². The number of aromatic nitrogens is 1. The number of alkyl halides is 3. The van der Waals surface area contributed by atoms with Gasteiger partial charge < -0.3 is 11.1 Å². The van der Waals surface area contributed by atoms with Gasteiger partial charge in [0.05, 0.1) is 16.9 Å². The van der Waals surface area contributed by atoms with Gasteiger partial charge in [0, 0.05) is 22.9 Å². The predicted octanol–water partition coefficient (Wildman–Crippen LogP) is 4.12. The Hall–Kier alpha value is -3.68. The molecule has 5 nitrogen and oxygen atoms in total. The summed E-state index contributed by atoms with van der Waals surface area (Å²) in [7, 11) is 0. The number of rotatable bonds is 4. The average Bonchev–Trinajstić information content (AvgIpc) is 2.68. The lowest BCUT2D eigenvalue weighted by Crippen LogP contribution is -2.16. The molecule has 0 saturated carbocycles. The van der Waals surface area contributed by atoms with Gasteiger partial charge in [-0.2, -0.15) is 13.2 Å². The van der Waals surface area contributed by atoms with E-state index in [1.165, 1.54) is 36.5 Å². The number of hydrogen-bond acceptors (Lipinski definition) is 3. The monoisotopic (exact) mass is 385 g/mol. The molecule has 28 heavy (non-hydrogen) atoms. The Morgan fingerprint density at radius 2 is 1.68 bits per heavy atom. The lowest BCUT2D eigenvalue weighted by atomic mass is 10.0. The first-order valence-corrected chi connectivity index (χ1v) is 8.09. The molecule has 0 aliphatic heterocycles. The second-order valence-electron chi connectivity index (χ2n) is 5.87. The number of pyridine rings is 1. The van der Waals surface area contributed by atoms with Gasteiger partial charge in [0.1, 0.15) is 0 Å². The van der Waals surface area contributed by atoms with Gasteiger partial charge in [-0.3, -0.25) is 14.6 Å². The first-order valence-electron chi connectivity index (χ1n) is 8.09. The van der Waals surface area contributed by atoms with E-state index in [2.05, 4.69) is 10.3 Å². The van der Waals surface area contributed by atoms with Crippen molar-refractivity contribution in [2.24, 2.45) is 5.73 Å². The minimum Gasteiger partial charge on any atom is -0.366 e. The predicted molar refractivity (Wildman–Crippen MR) is 97.6 cm³/mol. The molecule has 0 atom stereocenters. The molecule has 142 valence electrons. The number of amides is 2. The fourth-order valence-corrected chi connectivity index (χ4v) is 2.57. The smallest absolute Gasteiger partial charge is 0.366 e. The van der Waals surface area contributed by atoms with Gasteiger partial charge >= 0.3 is 6.18 Å². The van der Waals surface area contributed by atoms with E-state index in [-0.39, 0.29) is 28.1 Å². The fourth-order valence-electron chi connectivity index (χ4n) is 2.57. The number of nitrogens with one attached hydrogen (secondary N) is 1. The van der Waals surface area contributed by atoms with Gasteiger partial charge in [-0.05, 0) is 48.5 Å². The van der Waals surface area contributed by atoms with E-state index in [1.54, 1.807) is 18.2 Å². The molecule has 1 aromatic heterocycles. The number of benzene rings is 2. The Bertz CT molecular complexity index is 1030. The highest BCUT2D eigenvalue weighted by Gasteiger charge is 2.31. The van der Waals surface area contributed by atoms with Crippen molar-refractivity contribution < 1.29 is 22.8 Å². The molecule has 0 aliphatic carbocycles. The SMILES string of the molecule is NC(=O)c1cccc(C(=O)Nc2ccc(C(F)(F)F)cc2-c2ccccn2)c1. The normalized spacial score (nSPS) is 11.1. The topological polar surface area (TPSA) is 85.1 Å². The fraction of sp³-hybridized carbons (Fsp3) is 0.0500. The quantitative estimate of drug-likeness (QED) is 0.709. The number of hydrogen-bond donors (Lipinski definition) is 2. The third-order valence-electron chi connectivity index (χ3n) is 3.95. The summed E-state index contributed by atoms with van der Waals surface area (Å²) in [5, 5.41) is 2.57. The molecule has 0 fully saturated rings. The van der Waals surface area contributed by atoms with Crippen LogP contribution in [0.1, 0.15) is 26.3 Å². The zero-order valence-electron chi connectivity index (χ0n) is 14.3. The highest BCUT2D eigenvalue weighted by molar-refractivity contribution is 6.07. The maximum Gasteiger partial charge on any atom is 0.416 e. The van der Waals surface area contributed by atoms with Crippen LogP contribution in [0, 0.1) is 0 Å². The number of carbonyl (C=O) groups is 2. The van der Waals surface area contributed by atoms with Crippen LogP contribution in [0.2, 0.25) is 0 Å². The van der Waals surface area contributed by atoms with Gasteiger partial charge in [-0.1, -0.05) is 12.1 Å². The number of halogens is 3. The molecular formula is C20H14F3N3O2. The second kappa shape index (κ2) is 7.51. The van der Waals surface area contributed by atoms with Crippen molar-refractivity contribution in [2.45, 2.75) is 6.18 Å². The molecule has 2 amide bonds. The summed E-state index contributed by atoms with van der Waals surface area (Å²) >= 11 is 0. The van der Waals surface area contributed by atoms with Crippen LogP contribution in [0.15, 0.2) is 66.9 Å². The van der Waals surface area contributed by atoms with Gasteiger partial charge in [-0.25, -0.2) is 0 Å². The molecule has 3 rings (SSSR count). The van der Waals surface area contributed by atoms with Crippen molar-refractivity contribution in [3.63, 3.8) is 0 Å². The second-order valence-corrected chi connectivity index (χ2v) is 5.87. The van der Waals surface area contributed by atoms with Gasteiger partial charge in [0.2, 0.25) is 5.91 Å². The Morgan fingerprint density at radius 1 is 0.929 bits per heavy atom. The van der Waals surface area contributed by atoms with Crippen molar-refractivity contribution in [3.8, 4) is 11.3 Å². The van der Waals surface area contributed by atoms with Crippen LogP contribution in [0.5, 0.6) is 0 Å². The lowest BCUT2D eigenvalue weighted by molar-refractivity contribution is -0.137. The first kappa shape index (κ1) is 19.1. The number of anilines is 1. The van der Waals surface area contributed by atoms with Crippen LogP contribution in [-0.2, 0) is 6.18 Å². The first-order chi connectivity index (χ1) is 13.3. The number of primary amides is 1. The Labute approximate surface area is 158 Å². The lowest BCUT2D eigenvalue weighted by Gasteiger charge is -2.14. The van der Waals surface area contributed by atoms with Crippen LogP contribution >= 0.6 is 0 Å². The van der Waals surface area contributed by atoms with Crippen molar-refractivity contribution >= 4 is 17.5 Å². The molecule has 1 heterocycles. The number of nitrogens with two attached hydrogens (primary N) is 1. The Balaban J connectivity index is 2.01. The summed E-state index contributed by atoms with van der Waals surface area (Å²) in [5.74, 6) is -1.29. The molecule has 3 N–H and O–H groups in total. The maximum absolute atomic E-state index is 13.1. The summed E-state index contributed by atoms with van der Waals surface area (Å²) in [5.41, 5.74) is 5.18. The third kappa shape index (κ3) is 4.17. The van der Waals surface area contributed by atoms with E-state index in [0.717, 1.165) is 12.1 Å². The zero-order chi connectivity index (χ0) is 20.3. The molecule has 0 bridgehead atoms. The van der Waals surface area contributed by atoms with Crippen LogP contribution in [0.4, 0.5) is 18.9 Å². The maximum atomic E-state index is 13.1. The number of nitrogens with zero attached hydrogens (tertiary/aromatic N) is 1. The van der Waals surface area contributed by atoms with Crippen LogP contribution in [0.25, 0.3) is 11.3 Å². The standard InChI is InChI=1S/C20H14F3N3O2/c21-20(22,23)14-7-8-17(15(11-14)16-6-1-2-9-25-16)26-19(28)13-5-3-4-12(10-13)18(24)27/h1-11H,(H2,24,27)(H,26,28). The van der Waals surface area contributed by atoms with E-state index in [0.29, 0.717) is 0 Å². The molecule has 0 aliphatic rings. The van der Waals surface area contributed by atoms with E-state index >= 15 is 0 Å². The molecular weight excluding hydrogens is 371 g/mol. The molecule has 0 radical (unpaired) electrons. The van der Waals surface area contributed by atoms with Crippen molar-refractivity contribution in [1.82, 2.24) is 4.98 Å². The highest BCUT2D eigenvalue weighted by Crippen LogP contribution is 2.35. The van der Waals surface area contributed by atoms with Gasteiger partial charge in [0.15, 0.2) is 0 Å². The van der Waals surface area contributed by atoms with Crippen molar-refractivity contribution in [1.29, 1.82) is 0 Å². The van der Waals surface area contributed by atoms with E-state index < -0.39 is 23.6 Å². The molecule has 0 spiro atoms. The summed E-state index contributed by atoms with van der Waals surface area (Å²) in [6.07, 6.45) is -3.10. The third-order valence-corrected chi connectivity index (χ3v) is 3.95. The molecule has 2 aromatic carbocycles. The summed E-state index contributed by atoms with van der Waals surface area (Å²) in [6.45, 7) is 0. The largest absolute Gasteiger partial charge is 0.416 e. The average molecular weight is 385 g/mol. The van der Waals surface area contributed by atoms with Crippen molar-refractivity contribution in [3.05, 3.63) is 83.6 Å². The Morgan fingerprint density at radius 3 is 2.32 bits per heavy atom. The molecule has 0 unspecified atom stereocenters. The van der Waals surface area contributed by atoms with Crippen LogP contribution in [-0.4, -0.2) is 16.8 Å². The summed E-state index contributed by atoms with van der Waals surface area (Å²) < 4.78 is 39.3.